The molecule has 0 saturated carbocycles. The Balaban J connectivity index is 2.34. The third-order valence-corrected chi connectivity index (χ3v) is 2.29. The summed E-state index contributed by atoms with van der Waals surface area (Å²) in [6.07, 6.45) is 1.50. The Morgan fingerprint density at radius 2 is 2.07 bits per heavy atom. The second-order valence-corrected chi connectivity index (χ2v) is 3.53. The van der Waals surface area contributed by atoms with Gasteiger partial charge in [-0.15, -0.1) is 0 Å². The molecule has 0 unspecified atom stereocenters. The lowest BCUT2D eigenvalue weighted by molar-refractivity contribution is -0.124. The van der Waals surface area contributed by atoms with Crippen LogP contribution in [0.15, 0.2) is 30.3 Å². The van der Waals surface area contributed by atoms with E-state index < -0.39 is 6.04 Å². The molecule has 0 saturated heterocycles. The molecule has 1 rings (SSSR count). The van der Waals surface area contributed by atoms with Crippen molar-refractivity contribution in [3.8, 4) is 0 Å². The second-order valence-electron chi connectivity index (χ2n) is 3.53. The zero-order chi connectivity index (χ0) is 11.1. The maximum Gasteiger partial charge on any atom is 0.175 e. The third kappa shape index (κ3) is 4.23. The van der Waals surface area contributed by atoms with Crippen molar-refractivity contribution >= 4 is 5.78 Å². The van der Waals surface area contributed by atoms with E-state index in [2.05, 4.69) is 0 Å². The molecule has 82 valence electrons. The lowest BCUT2D eigenvalue weighted by atomic mass is 10.0. The summed E-state index contributed by atoms with van der Waals surface area (Å²) < 4.78 is 4.75. The SMILES string of the molecule is COCC(=O)[C@@H](N)CCc1ccccc1. The number of benzene rings is 1. The molecule has 0 radical (unpaired) electrons. The highest BCUT2D eigenvalue weighted by atomic mass is 16.5. The third-order valence-electron chi connectivity index (χ3n) is 2.29. The molecule has 0 aliphatic carbocycles. The molecule has 0 heterocycles. The summed E-state index contributed by atoms with van der Waals surface area (Å²) >= 11 is 0. The van der Waals surface area contributed by atoms with E-state index in [0.29, 0.717) is 6.42 Å². The summed E-state index contributed by atoms with van der Waals surface area (Å²) in [6, 6.07) is 9.60. The van der Waals surface area contributed by atoms with Crippen molar-refractivity contribution in [2.24, 2.45) is 5.73 Å². The van der Waals surface area contributed by atoms with Crippen LogP contribution < -0.4 is 5.73 Å². The summed E-state index contributed by atoms with van der Waals surface area (Å²) in [5, 5.41) is 0. The Hall–Kier alpha value is -1.19. The van der Waals surface area contributed by atoms with Crippen LogP contribution in [0.3, 0.4) is 0 Å². The molecule has 1 atom stereocenters. The number of Topliss-reactive ketones (excluding diaryl/α,β-unsaturated/α-hetero) is 1. The van der Waals surface area contributed by atoms with Crippen molar-refractivity contribution in [3.63, 3.8) is 0 Å². The Morgan fingerprint density at radius 1 is 1.40 bits per heavy atom. The van der Waals surface area contributed by atoms with Gasteiger partial charge in [0.05, 0.1) is 6.04 Å². The summed E-state index contributed by atoms with van der Waals surface area (Å²) in [5.41, 5.74) is 6.93. The van der Waals surface area contributed by atoms with Crippen LogP contribution in [-0.2, 0) is 16.0 Å². The van der Waals surface area contributed by atoms with E-state index in [1.165, 1.54) is 12.7 Å². The quantitative estimate of drug-likeness (QED) is 0.761. The molecule has 0 fully saturated rings. The molecule has 0 aromatic heterocycles. The fourth-order valence-corrected chi connectivity index (χ4v) is 1.38. The van der Waals surface area contributed by atoms with Crippen LogP contribution in [0.1, 0.15) is 12.0 Å². The number of carbonyl (C=O) groups excluding carboxylic acids is 1. The first-order chi connectivity index (χ1) is 7.24. The maximum absolute atomic E-state index is 11.3. The smallest absolute Gasteiger partial charge is 0.175 e. The highest BCUT2D eigenvalue weighted by molar-refractivity contribution is 5.84. The standard InChI is InChI=1S/C12H17NO2/c1-15-9-12(14)11(13)8-7-10-5-3-2-4-6-10/h2-6,11H,7-9,13H2,1H3/t11-/m0/s1. The van der Waals surface area contributed by atoms with Gasteiger partial charge in [0.25, 0.3) is 0 Å². The van der Waals surface area contributed by atoms with E-state index in [0.717, 1.165) is 6.42 Å². The topological polar surface area (TPSA) is 52.3 Å². The lowest BCUT2D eigenvalue weighted by Crippen LogP contribution is -2.33. The summed E-state index contributed by atoms with van der Waals surface area (Å²) in [6.45, 7) is 0.107. The first-order valence-corrected chi connectivity index (χ1v) is 5.05. The second kappa shape index (κ2) is 6.32. The maximum atomic E-state index is 11.3. The molecule has 0 amide bonds. The van der Waals surface area contributed by atoms with Crippen molar-refractivity contribution in [1.82, 2.24) is 0 Å². The first-order valence-electron chi connectivity index (χ1n) is 5.05. The molecule has 2 N–H and O–H groups in total. The molecule has 0 bridgehead atoms. The normalized spacial score (nSPS) is 12.4. The van der Waals surface area contributed by atoms with Crippen molar-refractivity contribution in [2.75, 3.05) is 13.7 Å². The minimum atomic E-state index is -0.412. The molecular formula is C12H17NO2. The van der Waals surface area contributed by atoms with E-state index in [1.54, 1.807) is 0 Å². The summed E-state index contributed by atoms with van der Waals surface area (Å²) in [5.74, 6) is -0.0339. The number of ether oxygens (including phenoxy) is 1. The number of aryl methyl sites for hydroxylation is 1. The monoisotopic (exact) mass is 207 g/mol. The predicted octanol–water partition coefficient (Wildman–Crippen LogP) is 1.16. The Bertz CT molecular complexity index is 298. The van der Waals surface area contributed by atoms with Crippen LogP contribution in [0.5, 0.6) is 0 Å². The van der Waals surface area contributed by atoms with Crippen molar-refractivity contribution in [1.29, 1.82) is 0 Å². The summed E-state index contributed by atoms with van der Waals surface area (Å²) in [4.78, 5) is 11.3. The van der Waals surface area contributed by atoms with Crippen LogP contribution in [0.4, 0.5) is 0 Å². The van der Waals surface area contributed by atoms with Gasteiger partial charge < -0.3 is 10.5 Å². The number of rotatable bonds is 6. The zero-order valence-corrected chi connectivity index (χ0v) is 8.98. The van der Waals surface area contributed by atoms with Crippen LogP contribution >= 0.6 is 0 Å². The number of methoxy groups -OCH3 is 1. The molecule has 0 aliphatic heterocycles. The van der Waals surface area contributed by atoms with Gasteiger partial charge in [-0.05, 0) is 18.4 Å². The van der Waals surface area contributed by atoms with Crippen molar-refractivity contribution in [3.05, 3.63) is 35.9 Å². The summed E-state index contributed by atoms with van der Waals surface area (Å²) in [7, 11) is 1.50. The predicted molar refractivity (Wildman–Crippen MR) is 59.6 cm³/mol. The number of hydrogen-bond acceptors (Lipinski definition) is 3. The Morgan fingerprint density at radius 3 is 2.67 bits per heavy atom. The average molecular weight is 207 g/mol. The molecule has 0 aliphatic rings. The van der Waals surface area contributed by atoms with E-state index >= 15 is 0 Å². The van der Waals surface area contributed by atoms with Crippen LogP contribution in [0, 0.1) is 0 Å². The van der Waals surface area contributed by atoms with Crippen LogP contribution in [0.2, 0.25) is 0 Å². The number of carbonyl (C=O) groups is 1. The molecule has 3 nitrogen and oxygen atoms in total. The van der Waals surface area contributed by atoms with Gasteiger partial charge in [-0.1, -0.05) is 30.3 Å². The fraction of sp³-hybridized carbons (Fsp3) is 0.417. The molecular weight excluding hydrogens is 190 g/mol. The van der Waals surface area contributed by atoms with Crippen molar-refractivity contribution in [2.45, 2.75) is 18.9 Å². The molecule has 3 heteroatoms. The number of ketones is 1. The highest BCUT2D eigenvalue weighted by Crippen LogP contribution is 2.04. The molecule has 1 aromatic rings. The van der Waals surface area contributed by atoms with Gasteiger partial charge in [0, 0.05) is 7.11 Å². The van der Waals surface area contributed by atoms with Gasteiger partial charge in [0.1, 0.15) is 6.61 Å². The van der Waals surface area contributed by atoms with Gasteiger partial charge >= 0.3 is 0 Å². The molecule has 0 spiro atoms. The van der Waals surface area contributed by atoms with Gasteiger partial charge in [-0.3, -0.25) is 4.79 Å². The Labute approximate surface area is 90.2 Å². The van der Waals surface area contributed by atoms with E-state index in [9.17, 15) is 4.79 Å². The minimum absolute atomic E-state index is 0.0339. The van der Waals surface area contributed by atoms with Gasteiger partial charge in [0.2, 0.25) is 0 Å². The molecule has 1 aromatic carbocycles. The lowest BCUT2D eigenvalue weighted by Gasteiger charge is -2.09. The number of hydrogen-bond donors (Lipinski definition) is 1. The largest absolute Gasteiger partial charge is 0.377 e. The fourth-order valence-electron chi connectivity index (χ4n) is 1.38. The zero-order valence-electron chi connectivity index (χ0n) is 8.98. The molecule has 15 heavy (non-hydrogen) atoms. The van der Waals surface area contributed by atoms with Crippen molar-refractivity contribution < 1.29 is 9.53 Å². The van der Waals surface area contributed by atoms with E-state index in [1.807, 2.05) is 30.3 Å². The van der Waals surface area contributed by atoms with Gasteiger partial charge in [-0.25, -0.2) is 0 Å². The van der Waals surface area contributed by atoms with E-state index in [4.69, 9.17) is 10.5 Å². The van der Waals surface area contributed by atoms with Gasteiger partial charge in [-0.2, -0.15) is 0 Å². The van der Waals surface area contributed by atoms with E-state index in [-0.39, 0.29) is 12.4 Å². The van der Waals surface area contributed by atoms with Crippen LogP contribution in [-0.4, -0.2) is 25.5 Å². The highest BCUT2D eigenvalue weighted by Gasteiger charge is 2.12. The first kappa shape index (κ1) is 11.9. The van der Waals surface area contributed by atoms with Gasteiger partial charge in [0.15, 0.2) is 5.78 Å². The number of nitrogens with two attached hydrogens (primary N) is 1. The minimum Gasteiger partial charge on any atom is -0.377 e. The van der Waals surface area contributed by atoms with Crippen LogP contribution in [0.25, 0.3) is 0 Å². The Kier molecular flexibility index (Phi) is 5.01. The average Bonchev–Trinajstić information content (AvgIpc) is 2.27.